The van der Waals surface area contributed by atoms with Crippen LogP contribution in [0.25, 0.3) is 11.2 Å². The van der Waals surface area contributed by atoms with Gasteiger partial charge in [0.15, 0.2) is 17.0 Å². The van der Waals surface area contributed by atoms with Crippen LogP contribution in [-0.4, -0.2) is 56.4 Å². The van der Waals surface area contributed by atoms with Gasteiger partial charge in [0.1, 0.15) is 0 Å². The minimum Gasteiger partial charge on any atom is -0.414 e. The van der Waals surface area contributed by atoms with Gasteiger partial charge in [-0.15, -0.1) is 0 Å². The highest BCUT2D eigenvalue weighted by atomic mass is 28.5. The molecule has 4 rings (SSSR count). The molecule has 0 radical (unpaired) electrons. The van der Waals surface area contributed by atoms with Crippen molar-refractivity contribution >= 4 is 40.1 Å². The Hall–Kier alpha value is -1.54. The van der Waals surface area contributed by atoms with E-state index in [0.717, 1.165) is 24.0 Å². The van der Waals surface area contributed by atoms with Gasteiger partial charge in [-0.25, -0.2) is 4.98 Å². The van der Waals surface area contributed by atoms with Crippen LogP contribution in [0.1, 0.15) is 74.3 Å². The van der Waals surface area contributed by atoms with E-state index in [4.69, 9.17) is 18.7 Å². The fourth-order valence-electron chi connectivity index (χ4n) is 6.17. The van der Waals surface area contributed by atoms with E-state index >= 15 is 0 Å². The molecule has 196 valence electrons. The first kappa shape index (κ1) is 26.5. The molecular formula is C24H44N6O3Si2. The zero-order chi connectivity index (χ0) is 25.7. The molecule has 35 heavy (non-hydrogen) atoms. The maximum Gasteiger partial charge on any atom is 0.334 e. The van der Waals surface area contributed by atoms with E-state index in [1.54, 1.807) is 0 Å². The van der Waals surface area contributed by atoms with Crippen LogP contribution < -0.4 is 11.1 Å². The number of fused-ring (bicyclic) bond motifs is 2. The van der Waals surface area contributed by atoms with Crippen LogP contribution in [0.2, 0.25) is 22.2 Å². The van der Waals surface area contributed by atoms with Crippen LogP contribution in [0.4, 0.5) is 11.8 Å². The van der Waals surface area contributed by atoms with Crippen LogP contribution in [0.3, 0.4) is 0 Å². The van der Waals surface area contributed by atoms with Crippen molar-refractivity contribution in [3.63, 3.8) is 0 Å². The van der Waals surface area contributed by atoms with Gasteiger partial charge in [-0.2, -0.15) is 9.97 Å². The molecule has 1 saturated heterocycles. The Balaban J connectivity index is 1.73. The molecular weight excluding hydrogens is 476 g/mol. The van der Waals surface area contributed by atoms with Crippen molar-refractivity contribution < 1.29 is 13.0 Å². The Kier molecular flexibility index (Phi) is 7.38. The zero-order valence-electron chi connectivity index (χ0n) is 22.8. The van der Waals surface area contributed by atoms with Crippen molar-refractivity contribution in [3.8, 4) is 0 Å². The highest BCUT2D eigenvalue weighted by Gasteiger charge is 2.59. The minimum absolute atomic E-state index is 0.0863. The maximum absolute atomic E-state index is 7.33. The van der Waals surface area contributed by atoms with Gasteiger partial charge < -0.3 is 28.6 Å². The smallest absolute Gasteiger partial charge is 0.334 e. The van der Waals surface area contributed by atoms with Crippen LogP contribution in [0.5, 0.6) is 0 Å². The predicted molar refractivity (Wildman–Crippen MR) is 145 cm³/mol. The summed E-state index contributed by atoms with van der Waals surface area (Å²) in [5.74, 6) is 1.20. The van der Waals surface area contributed by atoms with Gasteiger partial charge in [0.2, 0.25) is 5.95 Å². The van der Waals surface area contributed by atoms with Crippen molar-refractivity contribution in [2.75, 3.05) is 24.7 Å². The van der Waals surface area contributed by atoms with Crippen molar-refractivity contribution in [2.45, 2.75) is 103 Å². The summed E-state index contributed by atoms with van der Waals surface area (Å²) in [5.41, 5.74) is 8.88. The van der Waals surface area contributed by atoms with Gasteiger partial charge in [0, 0.05) is 25.6 Å². The van der Waals surface area contributed by atoms with Crippen LogP contribution in [0, 0.1) is 5.92 Å². The van der Waals surface area contributed by atoms with Crippen molar-refractivity contribution in [3.05, 3.63) is 6.33 Å². The summed E-state index contributed by atoms with van der Waals surface area (Å²) in [4.78, 5) is 13.5. The van der Waals surface area contributed by atoms with E-state index in [0.29, 0.717) is 40.5 Å². The topological polar surface area (TPSA) is 109 Å². The molecule has 0 amide bonds. The SMILES string of the molecule is CNc1nc(N)nc2c1ncn2[C@@H]1CC2CO[Si](C(C)C)(C(C)C)O[Si](C(C)C)(C(C)C)O[C@H]2C1. The summed E-state index contributed by atoms with van der Waals surface area (Å²) in [6.45, 7) is 18.8. The zero-order valence-corrected chi connectivity index (χ0v) is 24.8. The van der Waals surface area contributed by atoms with Crippen molar-refractivity contribution in [1.29, 1.82) is 0 Å². The summed E-state index contributed by atoms with van der Waals surface area (Å²) >= 11 is 0. The van der Waals surface area contributed by atoms with E-state index in [9.17, 15) is 0 Å². The van der Waals surface area contributed by atoms with Gasteiger partial charge in [-0.1, -0.05) is 55.4 Å². The number of nitrogens with zero attached hydrogens (tertiary/aromatic N) is 4. The Morgan fingerprint density at radius 1 is 0.971 bits per heavy atom. The molecule has 9 nitrogen and oxygen atoms in total. The van der Waals surface area contributed by atoms with Gasteiger partial charge in [-0.3, -0.25) is 0 Å². The van der Waals surface area contributed by atoms with E-state index in [1.807, 2.05) is 13.4 Å². The van der Waals surface area contributed by atoms with Crippen molar-refractivity contribution in [1.82, 2.24) is 19.5 Å². The summed E-state index contributed by atoms with van der Waals surface area (Å²) in [6.07, 6.45) is 3.80. The van der Waals surface area contributed by atoms with E-state index < -0.39 is 17.1 Å². The molecule has 1 saturated carbocycles. The van der Waals surface area contributed by atoms with Crippen LogP contribution in [0.15, 0.2) is 6.33 Å². The molecule has 1 unspecified atom stereocenters. The molecule has 0 spiro atoms. The average molecular weight is 521 g/mol. The summed E-state index contributed by atoms with van der Waals surface area (Å²) in [6, 6.07) is 0.205. The first-order chi connectivity index (χ1) is 16.4. The number of nitrogens with two attached hydrogens (primary N) is 1. The molecule has 3 heterocycles. The summed E-state index contributed by atoms with van der Waals surface area (Å²) in [7, 11) is -3.30. The number of aromatic nitrogens is 4. The monoisotopic (exact) mass is 520 g/mol. The Morgan fingerprint density at radius 2 is 1.60 bits per heavy atom. The Labute approximate surface area is 212 Å². The number of hydrogen-bond acceptors (Lipinski definition) is 8. The fourth-order valence-corrected chi connectivity index (χ4v) is 17.5. The lowest BCUT2D eigenvalue weighted by molar-refractivity contribution is 0.0367. The lowest BCUT2D eigenvalue weighted by atomic mass is 10.1. The third-order valence-electron chi connectivity index (χ3n) is 8.07. The normalized spacial score (nSPS) is 26.5. The third-order valence-corrected chi connectivity index (χ3v) is 18.3. The second kappa shape index (κ2) is 9.73. The standard InChI is InChI=1S/C24H44N6O3Si2/c1-14(2)34(15(3)4)31-12-18-10-19(11-20(18)32-35(33-34,16(5)6)17(7)8)30-13-27-21-22(26-9)28-24(25)29-23(21)30/h13-20H,10-12H2,1-9H3,(H3,25,26,28,29)/t18?,19-,20+/m1/s1. The number of anilines is 2. The number of rotatable bonds is 6. The Morgan fingerprint density at radius 3 is 2.17 bits per heavy atom. The van der Waals surface area contributed by atoms with E-state index in [2.05, 4.69) is 80.2 Å². The number of nitrogen functional groups attached to an aromatic ring is 1. The van der Waals surface area contributed by atoms with Crippen LogP contribution >= 0.6 is 0 Å². The van der Waals surface area contributed by atoms with E-state index in [-0.39, 0.29) is 18.1 Å². The average Bonchev–Trinajstić information content (AvgIpc) is 3.36. The number of imidazole rings is 1. The molecule has 2 fully saturated rings. The quantitative estimate of drug-likeness (QED) is 0.490. The summed E-state index contributed by atoms with van der Waals surface area (Å²) in [5, 5.41) is 3.09. The molecule has 2 aromatic rings. The predicted octanol–water partition coefficient (Wildman–Crippen LogP) is 5.36. The number of nitrogens with one attached hydrogen (secondary N) is 1. The molecule has 1 aliphatic carbocycles. The lowest BCUT2D eigenvalue weighted by Crippen LogP contribution is -2.64. The molecule has 0 bridgehead atoms. The number of hydrogen-bond donors (Lipinski definition) is 2. The molecule has 2 aromatic heterocycles. The molecule has 0 aromatic carbocycles. The molecule has 3 atom stereocenters. The second-order valence-corrected chi connectivity index (χ2v) is 20.4. The van der Waals surface area contributed by atoms with E-state index in [1.165, 1.54) is 0 Å². The first-order valence-electron chi connectivity index (χ1n) is 13.1. The highest BCUT2D eigenvalue weighted by Crippen LogP contribution is 2.50. The van der Waals surface area contributed by atoms with Gasteiger partial charge >= 0.3 is 17.1 Å². The maximum atomic E-state index is 7.33. The van der Waals surface area contributed by atoms with Gasteiger partial charge in [-0.05, 0) is 35.0 Å². The lowest BCUT2D eigenvalue weighted by Gasteiger charge is -2.51. The van der Waals surface area contributed by atoms with Crippen LogP contribution in [-0.2, 0) is 13.0 Å². The first-order valence-corrected chi connectivity index (χ1v) is 17.1. The summed E-state index contributed by atoms with van der Waals surface area (Å²) < 4.78 is 23.7. The molecule has 11 heteroatoms. The largest absolute Gasteiger partial charge is 0.414 e. The Bertz CT molecular complexity index is 1030. The second-order valence-electron chi connectivity index (χ2n) is 11.5. The third kappa shape index (κ3) is 4.43. The molecule has 3 N–H and O–H groups in total. The molecule has 1 aliphatic heterocycles. The molecule has 2 aliphatic rings. The minimum atomic E-state index is -2.60. The highest BCUT2D eigenvalue weighted by molar-refractivity contribution is 6.83. The van der Waals surface area contributed by atoms with Gasteiger partial charge in [0.05, 0.1) is 12.4 Å². The fraction of sp³-hybridized carbons (Fsp3) is 0.792. The van der Waals surface area contributed by atoms with Crippen molar-refractivity contribution in [2.24, 2.45) is 5.92 Å². The van der Waals surface area contributed by atoms with Gasteiger partial charge in [0.25, 0.3) is 0 Å².